The van der Waals surface area contributed by atoms with Gasteiger partial charge in [-0.05, 0) is 0 Å². The fourth-order valence-corrected chi connectivity index (χ4v) is 7.75. The molecule has 0 aromatic heterocycles. The minimum atomic E-state index is 0.358. The number of hydrogen-bond donors (Lipinski definition) is 0. The van der Waals surface area contributed by atoms with Crippen LogP contribution in [0.15, 0.2) is 12.1 Å². The summed E-state index contributed by atoms with van der Waals surface area (Å²) in [5.41, 5.74) is 5.99. The van der Waals surface area contributed by atoms with Gasteiger partial charge < -0.3 is 0 Å². The van der Waals surface area contributed by atoms with E-state index in [0.717, 1.165) is 24.3 Å². The Bertz CT molecular complexity index is 679. The van der Waals surface area contributed by atoms with E-state index in [2.05, 4.69) is 67.0 Å². The fourth-order valence-electron chi connectivity index (χ4n) is 6.78. The van der Waals surface area contributed by atoms with E-state index < -0.39 is 0 Å². The van der Waals surface area contributed by atoms with E-state index in [1.165, 1.54) is 65.4 Å². The molecule has 25 heavy (non-hydrogen) atoms. The fraction of sp³-hybridized carbons (Fsp3) is 0.636. The van der Waals surface area contributed by atoms with Gasteiger partial charge in [-0.25, -0.2) is 0 Å². The maximum atomic E-state index is 2.99. The molecule has 1 aromatic rings. The van der Waals surface area contributed by atoms with Gasteiger partial charge in [0.05, 0.1) is 0 Å². The summed E-state index contributed by atoms with van der Waals surface area (Å²) < 4.78 is 1.42. The van der Waals surface area contributed by atoms with Gasteiger partial charge in [-0.2, -0.15) is 0 Å². The molecule has 1 aliphatic heterocycles. The first-order valence-electron chi connectivity index (χ1n) is 9.95. The van der Waals surface area contributed by atoms with Crippen molar-refractivity contribution in [3.63, 3.8) is 0 Å². The van der Waals surface area contributed by atoms with Crippen molar-refractivity contribution in [1.82, 2.24) is 4.90 Å². The molecule has 2 atom stereocenters. The molecule has 5 aliphatic rings. The molecule has 2 unspecified atom stereocenters. The Labute approximate surface area is 162 Å². The third kappa shape index (κ3) is 2.52. The van der Waals surface area contributed by atoms with Crippen LogP contribution in [0.4, 0.5) is 5.69 Å². The molecule has 0 radical (unpaired) electrons. The Morgan fingerprint density at radius 3 is 2.24 bits per heavy atom. The zero-order valence-corrected chi connectivity index (χ0v) is 17.4. The third-order valence-electron chi connectivity index (χ3n) is 7.19. The zero-order valence-electron chi connectivity index (χ0n) is 15.7. The molecule has 4 bridgehead atoms. The van der Waals surface area contributed by atoms with Crippen LogP contribution in [0, 0.1) is 44.9 Å². The van der Waals surface area contributed by atoms with Gasteiger partial charge >= 0.3 is 162 Å². The summed E-state index contributed by atoms with van der Waals surface area (Å²) in [6.07, 6.45) is 10.0. The average Bonchev–Trinajstić information content (AvgIpc) is 2.87. The number of nitrogens with zero attached hydrogens (tertiary/aromatic N) is 2. The molecule has 4 saturated carbocycles. The van der Waals surface area contributed by atoms with Gasteiger partial charge in [0.15, 0.2) is 0 Å². The van der Waals surface area contributed by atoms with Crippen molar-refractivity contribution in [3.8, 4) is 0 Å². The first-order chi connectivity index (χ1) is 11.9. The van der Waals surface area contributed by atoms with Crippen LogP contribution in [0.3, 0.4) is 0 Å². The van der Waals surface area contributed by atoms with Crippen LogP contribution in [0.5, 0.6) is 0 Å². The summed E-state index contributed by atoms with van der Waals surface area (Å²) in [7, 11) is 0. The van der Waals surface area contributed by atoms with Crippen molar-refractivity contribution >= 4 is 10.0 Å². The molecule has 2 nitrogen and oxygen atoms in total. The summed E-state index contributed by atoms with van der Waals surface area (Å²) in [4.78, 5) is 5.35. The molecule has 6 rings (SSSR count). The van der Waals surface area contributed by atoms with Crippen LogP contribution < -0.4 is 4.90 Å². The van der Waals surface area contributed by atoms with Gasteiger partial charge in [-0.1, -0.05) is 0 Å². The number of anilines is 1. The van der Waals surface area contributed by atoms with Crippen molar-refractivity contribution in [2.45, 2.75) is 58.4 Å². The number of aryl methyl sites for hydroxylation is 3. The SMILES string of the molecule is Cc1cc(C)c(N2CCN(C34[CH-]C5CC(CC(C5)C3)C4)[C]2=[Ru+])c(C)c1. The van der Waals surface area contributed by atoms with Crippen LogP contribution in [-0.4, -0.2) is 27.9 Å². The quantitative estimate of drug-likeness (QED) is 0.522. The number of rotatable bonds is 2. The summed E-state index contributed by atoms with van der Waals surface area (Å²) in [5, 5.41) is 0. The van der Waals surface area contributed by atoms with Gasteiger partial charge in [-0.15, -0.1) is 0 Å². The predicted octanol–water partition coefficient (Wildman–Crippen LogP) is 4.15. The number of hydrogen-bond acceptors (Lipinski definition) is 2. The first kappa shape index (κ1) is 16.6. The Balaban J connectivity index is 1.46. The molecule has 4 aliphatic carbocycles. The minimum absolute atomic E-state index is 0.358. The van der Waals surface area contributed by atoms with E-state index in [4.69, 9.17) is 0 Å². The molecule has 135 valence electrons. The second-order valence-corrected chi connectivity index (χ2v) is 9.96. The van der Waals surface area contributed by atoms with Crippen LogP contribution in [0.2, 0.25) is 0 Å². The summed E-state index contributed by atoms with van der Waals surface area (Å²) >= 11 is 2.99. The molecule has 3 heteroatoms. The number of benzene rings is 1. The molecule has 1 heterocycles. The van der Waals surface area contributed by atoms with Crippen LogP contribution in [0.1, 0.15) is 48.8 Å². The summed E-state index contributed by atoms with van der Waals surface area (Å²) in [6.45, 7) is 9.05. The van der Waals surface area contributed by atoms with Crippen LogP contribution in [-0.2, 0) is 17.9 Å². The van der Waals surface area contributed by atoms with Crippen molar-refractivity contribution in [1.29, 1.82) is 0 Å². The third-order valence-corrected chi connectivity index (χ3v) is 8.13. The topological polar surface area (TPSA) is 6.48 Å². The Morgan fingerprint density at radius 2 is 1.64 bits per heavy atom. The van der Waals surface area contributed by atoms with Crippen molar-refractivity contribution in [3.05, 3.63) is 35.2 Å². The predicted molar refractivity (Wildman–Crippen MR) is 100 cm³/mol. The van der Waals surface area contributed by atoms with E-state index in [1.54, 1.807) is 0 Å². The van der Waals surface area contributed by atoms with E-state index in [0.29, 0.717) is 5.54 Å². The maximum absolute atomic E-state index is 2.99. The van der Waals surface area contributed by atoms with Crippen molar-refractivity contribution in [2.75, 3.05) is 18.0 Å². The molecule has 1 aromatic carbocycles. The Kier molecular flexibility index (Phi) is 3.81. The van der Waals surface area contributed by atoms with Crippen LogP contribution >= 0.6 is 0 Å². The molecule has 0 spiro atoms. The van der Waals surface area contributed by atoms with E-state index in [1.807, 2.05) is 0 Å². The standard InChI is InChI=1S/C22H29N2.Ru/c1-15-6-16(2)21(17(3)7-15)23-4-5-24(14-23)22-11-18-8-19(12-22)10-20(9-18)13-22;/h6-7,11,18-20H,4-5,8-10,12-13H2,1-3H3;/q-1;+1. The first-order valence-corrected chi connectivity index (χ1v) is 10.8. The monoisotopic (exact) mass is 423 g/mol. The molecule has 5 fully saturated rings. The van der Waals surface area contributed by atoms with Gasteiger partial charge in [-0.3, -0.25) is 0 Å². The van der Waals surface area contributed by atoms with Crippen molar-refractivity contribution in [2.24, 2.45) is 17.8 Å². The zero-order chi connectivity index (χ0) is 17.3. The molecule has 1 saturated heterocycles. The van der Waals surface area contributed by atoms with Gasteiger partial charge in [0.25, 0.3) is 0 Å². The van der Waals surface area contributed by atoms with E-state index >= 15 is 0 Å². The summed E-state index contributed by atoms with van der Waals surface area (Å²) in [6, 6.07) is 4.67. The van der Waals surface area contributed by atoms with Gasteiger partial charge in [0.2, 0.25) is 0 Å². The Hall–Kier alpha value is -0.527. The van der Waals surface area contributed by atoms with E-state index in [-0.39, 0.29) is 0 Å². The van der Waals surface area contributed by atoms with Crippen molar-refractivity contribution < 1.29 is 17.9 Å². The molecular formula is C22H29N2Ru. The molecular weight excluding hydrogens is 393 g/mol. The molecule has 0 N–H and O–H groups in total. The van der Waals surface area contributed by atoms with Gasteiger partial charge in [0.1, 0.15) is 0 Å². The average molecular weight is 423 g/mol. The Morgan fingerprint density at radius 1 is 1.00 bits per heavy atom. The normalized spacial score (nSPS) is 37.3. The van der Waals surface area contributed by atoms with Gasteiger partial charge in [0, 0.05) is 0 Å². The molecule has 0 amide bonds. The second-order valence-electron chi connectivity index (χ2n) is 9.19. The van der Waals surface area contributed by atoms with E-state index in [9.17, 15) is 0 Å². The second kappa shape index (κ2) is 5.73. The summed E-state index contributed by atoms with van der Waals surface area (Å²) in [5.74, 6) is 2.86. The van der Waals surface area contributed by atoms with Crippen LogP contribution in [0.25, 0.3) is 0 Å².